The maximum Gasteiger partial charge on any atom is 0.139 e. The van der Waals surface area contributed by atoms with Gasteiger partial charge in [-0.25, -0.2) is 4.98 Å². The van der Waals surface area contributed by atoms with Crippen LogP contribution in [0, 0.1) is 0 Å². The second-order valence-electron chi connectivity index (χ2n) is 1.42. The van der Waals surface area contributed by atoms with Crippen LogP contribution in [0.15, 0.2) is 22.1 Å². The van der Waals surface area contributed by atoms with Crippen LogP contribution >= 0.6 is 31.9 Å². The summed E-state index contributed by atoms with van der Waals surface area (Å²) in [6.07, 6.45) is 3.34. The third-order valence-electron chi connectivity index (χ3n) is 0.889. The summed E-state index contributed by atoms with van der Waals surface area (Å²) in [5.41, 5.74) is 0. The van der Waals surface area contributed by atoms with Crippen LogP contribution in [0.1, 0.15) is 0 Å². The molecule has 4 heteroatoms. The van der Waals surface area contributed by atoms with E-state index in [9.17, 15) is 0 Å². The molecule has 0 saturated carbocycles. The minimum atomic E-state index is 0.794. The zero-order valence-corrected chi connectivity index (χ0v) is 7.68. The van der Waals surface area contributed by atoms with Crippen molar-refractivity contribution in [2.45, 2.75) is 0 Å². The molecule has 0 radical (unpaired) electrons. The van der Waals surface area contributed by atoms with Crippen molar-refractivity contribution in [3.05, 3.63) is 22.1 Å². The number of nitrogens with zero attached hydrogens (tertiary/aromatic N) is 2. The van der Waals surface area contributed by atoms with Crippen molar-refractivity contribution in [3.63, 3.8) is 0 Å². The second kappa shape index (κ2) is 2.66. The Morgan fingerprint density at radius 3 is 2.56 bits per heavy atom. The smallest absolute Gasteiger partial charge is 0.139 e. The molecule has 0 amide bonds. The minimum absolute atomic E-state index is 0.794. The highest BCUT2D eigenvalue weighted by molar-refractivity contribution is 9.13. The highest BCUT2D eigenvalue weighted by Crippen LogP contribution is 2.20. The topological polar surface area (TPSA) is 17.8 Å². The highest BCUT2D eigenvalue weighted by atomic mass is 79.9. The molecule has 0 aliphatic carbocycles. The van der Waals surface area contributed by atoms with E-state index in [1.54, 1.807) is 17.1 Å². The molecule has 0 atom stereocenters. The van der Waals surface area contributed by atoms with E-state index in [0.29, 0.717) is 0 Å². The van der Waals surface area contributed by atoms with Crippen LogP contribution < -0.4 is 0 Å². The Bertz CT molecular complexity index is 229. The lowest BCUT2D eigenvalue weighted by atomic mass is 10.8. The van der Waals surface area contributed by atoms with Gasteiger partial charge in [0.2, 0.25) is 0 Å². The largest absolute Gasteiger partial charge is 0.300 e. The molecule has 0 aliphatic rings. The Morgan fingerprint density at radius 1 is 1.67 bits per heavy atom. The number of halogens is 2. The lowest BCUT2D eigenvalue weighted by Crippen LogP contribution is -1.79. The third kappa shape index (κ3) is 1.24. The van der Waals surface area contributed by atoms with Crippen molar-refractivity contribution in [1.29, 1.82) is 0 Å². The van der Waals surface area contributed by atoms with Crippen molar-refractivity contribution in [1.82, 2.24) is 9.55 Å². The summed E-state index contributed by atoms with van der Waals surface area (Å²) in [4.78, 5) is 3.95. The van der Waals surface area contributed by atoms with Crippen LogP contribution in [0.3, 0.4) is 0 Å². The molecule has 0 aromatic carbocycles. The molecular formula is C5H4Br2N2. The van der Waals surface area contributed by atoms with Gasteiger partial charge < -0.3 is 0 Å². The Morgan fingerprint density at radius 2 is 2.33 bits per heavy atom. The van der Waals surface area contributed by atoms with Gasteiger partial charge in [-0.3, -0.25) is 4.57 Å². The van der Waals surface area contributed by atoms with Crippen LogP contribution in [-0.4, -0.2) is 9.55 Å². The van der Waals surface area contributed by atoms with E-state index in [-0.39, 0.29) is 0 Å². The first-order valence-corrected chi connectivity index (χ1v) is 3.84. The van der Waals surface area contributed by atoms with E-state index >= 15 is 0 Å². The summed E-state index contributed by atoms with van der Waals surface area (Å²) in [7, 11) is 0. The standard InChI is InChI=1S/C5H4Br2N2/c1-2-9-3-8-4(6)5(9)7/h2-3H,1H2. The molecule has 0 fully saturated rings. The SMILES string of the molecule is C=Cn1cnc(Br)c1Br. The molecular weight excluding hydrogens is 248 g/mol. The molecule has 0 saturated heterocycles. The minimum Gasteiger partial charge on any atom is -0.300 e. The van der Waals surface area contributed by atoms with Crippen LogP contribution in [0.4, 0.5) is 0 Å². The average molecular weight is 252 g/mol. The molecule has 0 spiro atoms. The van der Waals surface area contributed by atoms with Crippen molar-refractivity contribution in [2.75, 3.05) is 0 Å². The maximum atomic E-state index is 3.95. The Balaban J connectivity index is 3.18. The van der Waals surface area contributed by atoms with Crippen molar-refractivity contribution in [2.24, 2.45) is 0 Å². The molecule has 1 aromatic heterocycles. The monoisotopic (exact) mass is 250 g/mol. The number of hydrogen-bond donors (Lipinski definition) is 0. The quantitative estimate of drug-likeness (QED) is 0.750. The number of aromatic nitrogens is 2. The van der Waals surface area contributed by atoms with Gasteiger partial charge in [0.25, 0.3) is 0 Å². The van der Waals surface area contributed by atoms with E-state index in [0.717, 1.165) is 9.21 Å². The summed E-state index contributed by atoms with van der Waals surface area (Å²) in [6, 6.07) is 0. The number of hydrogen-bond acceptors (Lipinski definition) is 1. The summed E-state index contributed by atoms with van der Waals surface area (Å²) in [5.74, 6) is 0. The third-order valence-corrected chi connectivity index (χ3v) is 2.79. The van der Waals surface area contributed by atoms with Gasteiger partial charge >= 0.3 is 0 Å². The van der Waals surface area contributed by atoms with E-state index in [2.05, 4.69) is 43.4 Å². The molecule has 48 valence electrons. The van der Waals surface area contributed by atoms with Crippen LogP contribution in [0.25, 0.3) is 6.20 Å². The first kappa shape index (κ1) is 7.02. The fourth-order valence-electron chi connectivity index (χ4n) is 0.451. The van der Waals surface area contributed by atoms with Gasteiger partial charge in [-0.15, -0.1) is 0 Å². The van der Waals surface area contributed by atoms with Crippen LogP contribution in [0.2, 0.25) is 0 Å². The number of imidazole rings is 1. The molecule has 1 heterocycles. The average Bonchev–Trinajstić information content (AvgIpc) is 2.15. The first-order chi connectivity index (χ1) is 4.25. The molecule has 0 bridgehead atoms. The number of rotatable bonds is 1. The zero-order valence-electron chi connectivity index (χ0n) is 4.51. The normalized spacial score (nSPS) is 9.56. The summed E-state index contributed by atoms with van der Waals surface area (Å²) >= 11 is 6.52. The van der Waals surface area contributed by atoms with Gasteiger partial charge in [-0.1, -0.05) is 6.58 Å². The lowest BCUT2D eigenvalue weighted by Gasteiger charge is -1.89. The Kier molecular flexibility index (Phi) is 2.08. The molecule has 1 rings (SSSR count). The second-order valence-corrected chi connectivity index (χ2v) is 2.92. The Hall–Kier alpha value is -0.0900. The lowest BCUT2D eigenvalue weighted by molar-refractivity contribution is 1.11. The van der Waals surface area contributed by atoms with Gasteiger partial charge in [0.05, 0.1) is 0 Å². The highest BCUT2D eigenvalue weighted by Gasteiger charge is 1.99. The first-order valence-electron chi connectivity index (χ1n) is 2.26. The fourth-order valence-corrected chi connectivity index (χ4v) is 1.09. The molecule has 1 aromatic rings. The van der Waals surface area contributed by atoms with Gasteiger partial charge in [0, 0.05) is 6.20 Å². The van der Waals surface area contributed by atoms with Crippen LogP contribution in [-0.2, 0) is 0 Å². The summed E-state index contributed by atoms with van der Waals surface area (Å²) in [5, 5.41) is 0. The van der Waals surface area contributed by atoms with Crippen molar-refractivity contribution in [3.8, 4) is 0 Å². The Labute approximate surface area is 69.8 Å². The van der Waals surface area contributed by atoms with E-state index in [1.165, 1.54) is 0 Å². The molecule has 9 heavy (non-hydrogen) atoms. The molecule has 2 nitrogen and oxygen atoms in total. The van der Waals surface area contributed by atoms with Gasteiger partial charge in [-0.05, 0) is 31.9 Å². The van der Waals surface area contributed by atoms with Gasteiger partial charge in [0.1, 0.15) is 15.5 Å². The van der Waals surface area contributed by atoms with E-state index < -0.39 is 0 Å². The van der Waals surface area contributed by atoms with Crippen LogP contribution in [0.5, 0.6) is 0 Å². The van der Waals surface area contributed by atoms with Gasteiger partial charge in [0.15, 0.2) is 0 Å². The van der Waals surface area contributed by atoms with Crippen molar-refractivity contribution >= 4 is 38.1 Å². The molecule has 0 N–H and O–H groups in total. The predicted molar refractivity (Wildman–Crippen MR) is 44.0 cm³/mol. The predicted octanol–water partition coefficient (Wildman–Crippen LogP) is 2.51. The molecule has 0 aliphatic heterocycles. The van der Waals surface area contributed by atoms with Crippen molar-refractivity contribution < 1.29 is 0 Å². The fraction of sp³-hybridized carbons (Fsp3) is 0. The summed E-state index contributed by atoms with van der Waals surface area (Å²) < 4.78 is 3.45. The van der Waals surface area contributed by atoms with E-state index in [1.807, 2.05) is 0 Å². The molecule has 0 unspecified atom stereocenters. The maximum absolute atomic E-state index is 3.95. The summed E-state index contributed by atoms with van der Waals surface area (Å²) in [6.45, 7) is 3.58. The zero-order chi connectivity index (χ0) is 6.85. The van der Waals surface area contributed by atoms with Gasteiger partial charge in [-0.2, -0.15) is 0 Å². The van der Waals surface area contributed by atoms with E-state index in [4.69, 9.17) is 0 Å².